The van der Waals surface area contributed by atoms with Gasteiger partial charge in [0.15, 0.2) is 0 Å². The highest BCUT2D eigenvalue weighted by Crippen LogP contribution is 2.24. The lowest BCUT2D eigenvalue weighted by Gasteiger charge is -2.30. The predicted molar refractivity (Wildman–Crippen MR) is 90.4 cm³/mol. The summed E-state index contributed by atoms with van der Waals surface area (Å²) in [5, 5.41) is 19.3. The molecule has 0 aromatic heterocycles. The Morgan fingerprint density at radius 3 is 2.17 bits per heavy atom. The molecule has 1 aliphatic heterocycles. The van der Waals surface area contributed by atoms with Crippen LogP contribution >= 0.6 is 0 Å². The van der Waals surface area contributed by atoms with Gasteiger partial charge in [0, 0.05) is 0 Å². The number of ether oxygens (including phenoxy) is 1. The molecule has 0 spiro atoms. The van der Waals surface area contributed by atoms with E-state index in [1.54, 1.807) is 0 Å². The summed E-state index contributed by atoms with van der Waals surface area (Å²) in [6, 6.07) is 4.23. The highest BCUT2D eigenvalue weighted by atomic mass is 16.5. The number of hydrogen-bond donors (Lipinski definition) is 4. The molecule has 2 rings (SSSR count). The van der Waals surface area contributed by atoms with Gasteiger partial charge >= 0.3 is 0 Å². The molecule has 0 bridgehead atoms. The molecule has 23 heavy (non-hydrogen) atoms. The quantitative estimate of drug-likeness (QED) is 0.475. The number of hydrogen-bond acceptors (Lipinski definition) is 3. The molecule has 5 heteroatoms. The fourth-order valence-corrected chi connectivity index (χ4v) is 3.54. The third-order valence-corrected chi connectivity index (χ3v) is 4.68. The molecule has 5 nitrogen and oxygen atoms in total. The Balaban J connectivity index is 1.77. The normalized spacial score (nSPS) is 22.8. The molecule has 0 aliphatic carbocycles. The van der Waals surface area contributed by atoms with Crippen LogP contribution in [0, 0.1) is 20.8 Å². The van der Waals surface area contributed by atoms with Gasteiger partial charge in [0.2, 0.25) is 0 Å². The monoisotopic (exact) mass is 324 g/mol. The van der Waals surface area contributed by atoms with Crippen molar-refractivity contribution in [1.82, 2.24) is 0 Å². The van der Waals surface area contributed by atoms with E-state index in [9.17, 15) is 5.11 Å². The molecule has 0 saturated carbocycles. The van der Waals surface area contributed by atoms with E-state index in [-0.39, 0.29) is 6.61 Å². The van der Waals surface area contributed by atoms with Gasteiger partial charge in [-0.05, 0) is 31.9 Å². The first-order chi connectivity index (χ1) is 11.0. The maximum Gasteiger partial charge on any atom is 0.137 e. The van der Waals surface area contributed by atoms with Crippen LogP contribution in [0.2, 0.25) is 0 Å². The molecule has 0 amide bonds. The summed E-state index contributed by atoms with van der Waals surface area (Å²) in [5.74, 6) is 0.904. The predicted octanol–water partition coefficient (Wildman–Crippen LogP) is -1.87. The molecule has 1 aliphatic rings. The minimum absolute atomic E-state index is 0.260. The topological polar surface area (TPSA) is 58.6 Å². The Hall–Kier alpha value is -1.14. The largest absolute Gasteiger partial charge is 0.490 e. The van der Waals surface area contributed by atoms with Crippen molar-refractivity contribution in [2.24, 2.45) is 0 Å². The van der Waals surface area contributed by atoms with Crippen LogP contribution in [0.25, 0.3) is 0 Å². The zero-order valence-electron chi connectivity index (χ0n) is 14.7. The van der Waals surface area contributed by atoms with E-state index in [0.717, 1.165) is 56.1 Å². The summed E-state index contributed by atoms with van der Waals surface area (Å²) in [6.07, 6.45) is -0.440. The minimum atomic E-state index is -0.440. The molecule has 4 N–H and O–H groups in total. The molecule has 1 saturated heterocycles. The van der Waals surface area contributed by atoms with E-state index >= 15 is 0 Å². The number of aryl methyl sites for hydroxylation is 3. The van der Waals surface area contributed by atoms with E-state index in [0.29, 0.717) is 6.61 Å². The van der Waals surface area contributed by atoms with Crippen molar-refractivity contribution in [3.05, 3.63) is 28.8 Å². The zero-order chi connectivity index (χ0) is 16.8. The Morgan fingerprint density at radius 2 is 1.61 bits per heavy atom. The first-order valence-corrected chi connectivity index (χ1v) is 8.66. The average Bonchev–Trinajstić information content (AvgIpc) is 2.48. The lowest BCUT2D eigenvalue weighted by atomic mass is 10.1. The highest BCUT2D eigenvalue weighted by Gasteiger charge is 2.24. The van der Waals surface area contributed by atoms with Crippen molar-refractivity contribution in [3.63, 3.8) is 0 Å². The van der Waals surface area contributed by atoms with E-state index in [1.807, 2.05) is 0 Å². The number of nitrogens with one attached hydrogen (secondary N) is 2. The third-order valence-electron chi connectivity index (χ3n) is 4.68. The summed E-state index contributed by atoms with van der Waals surface area (Å²) in [6.45, 7) is 12.6. The number of piperazine rings is 1. The van der Waals surface area contributed by atoms with Gasteiger partial charge in [-0.3, -0.25) is 0 Å². The Kier molecular flexibility index (Phi) is 6.84. The fraction of sp³-hybridized carbons (Fsp3) is 0.667. The minimum Gasteiger partial charge on any atom is -0.490 e. The zero-order valence-corrected chi connectivity index (χ0v) is 14.7. The lowest BCUT2D eigenvalue weighted by molar-refractivity contribution is -1.01. The van der Waals surface area contributed by atoms with Gasteiger partial charge in [-0.2, -0.15) is 0 Å². The van der Waals surface area contributed by atoms with Gasteiger partial charge in [0.25, 0.3) is 0 Å². The second-order valence-electron chi connectivity index (χ2n) is 6.87. The highest BCUT2D eigenvalue weighted by molar-refractivity contribution is 5.42. The smallest absolute Gasteiger partial charge is 0.137 e. The van der Waals surface area contributed by atoms with Gasteiger partial charge in [-0.1, -0.05) is 17.7 Å². The van der Waals surface area contributed by atoms with E-state index in [4.69, 9.17) is 9.84 Å². The summed E-state index contributed by atoms with van der Waals surface area (Å²) >= 11 is 0. The molecule has 130 valence electrons. The van der Waals surface area contributed by atoms with Gasteiger partial charge < -0.3 is 24.7 Å². The van der Waals surface area contributed by atoms with Gasteiger partial charge in [0.05, 0.1) is 6.61 Å². The van der Waals surface area contributed by atoms with Crippen LogP contribution in [0.15, 0.2) is 12.1 Å². The van der Waals surface area contributed by atoms with E-state index in [1.165, 1.54) is 15.4 Å². The van der Waals surface area contributed by atoms with Crippen molar-refractivity contribution in [1.29, 1.82) is 0 Å². The number of benzene rings is 1. The standard InChI is InChI=1S/C18H30N2O3/c1-14-10-15(2)18(16(3)11-14)23-13-17(22)12-20-6-4-19(5-7-20)8-9-21/h10-11,17,21-22H,4-9,12-13H2,1-3H3/p+2/t17-/m0/s1. The fourth-order valence-electron chi connectivity index (χ4n) is 3.54. The molecule has 0 radical (unpaired) electrons. The molecular formula is C18H32N2O3+2. The summed E-state index contributed by atoms with van der Waals surface area (Å²) < 4.78 is 5.88. The van der Waals surface area contributed by atoms with Crippen molar-refractivity contribution in [2.45, 2.75) is 26.9 Å². The molecule has 0 unspecified atom stereocenters. The molecule has 1 atom stereocenters. The Labute approximate surface area is 139 Å². The molecule has 1 heterocycles. The van der Waals surface area contributed by atoms with Gasteiger partial charge in [-0.25, -0.2) is 0 Å². The maximum atomic E-state index is 10.3. The molecule has 1 fully saturated rings. The SMILES string of the molecule is Cc1cc(C)c(OC[C@@H](O)C[NH+]2CC[NH+](CCO)CC2)c(C)c1. The first kappa shape index (κ1) is 18.2. The van der Waals surface area contributed by atoms with Crippen LogP contribution in [-0.4, -0.2) is 68.8 Å². The van der Waals surface area contributed by atoms with Gasteiger partial charge in [-0.15, -0.1) is 0 Å². The van der Waals surface area contributed by atoms with E-state index in [2.05, 4.69) is 32.9 Å². The van der Waals surface area contributed by atoms with E-state index < -0.39 is 6.10 Å². The van der Waals surface area contributed by atoms with Crippen LogP contribution in [0.3, 0.4) is 0 Å². The first-order valence-electron chi connectivity index (χ1n) is 8.66. The summed E-state index contributed by atoms with van der Waals surface area (Å²) in [7, 11) is 0. The molecule has 1 aromatic rings. The van der Waals surface area contributed by atoms with Gasteiger partial charge in [0.1, 0.15) is 57.7 Å². The maximum absolute atomic E-state index is 10.3. The third kappa shape index (κ3) is 5.46. The number of aliphatic hydroxyl groups excluding tert-OH is 2. The van der Waals surface area contributed by atoms with Crippen LogP contribution in [0.1, 0.15) is 16.7 Å². The van der Waals surface area contributed by atoms with Crippen molar-refractivity contribution in [3.8, 4) is 5.75 Å². The van der Waals surface area contributed by atoms with Crippen LogP contribution in [0.4, 0.5) is 0 Å². The Morgan fingerprint density at radius 1 is 1.04 bits per heavy atom. The lowest BCUT2D eigenvalue weighted by Crippen LogP contribution is -3.28. The second kappa shape index (κ2) is 8.64. The second-order valence-corrected chi connectivity index (χ2v) is 6.87. The molecular weight excluding hydrogens is 292 g/mol. The summed E-state index contributed by atoms with van der Waals surface area (Å²) in [5.41, 5.74) is 3.49. The number of quaternary nitrogens is 2. The number of aliphatic hydroxyl groups is 2. The van der Waals surface area contributed by atoms with Crippen molar-refractivity contribution in [2.75, 3.05) is 52.5 Å². The van der Waals surface area contributed by atoms with Crippen molar-refractivity contribution < 1.29 is 24.7 Å². The summed E-state index contributed by atoms with van der Waals surface area (Å²) in [4.78, 5) is 2.90. The Bertz CT molecular complexity index is 476. The molecule has 1 aromatic carbocycles. The number of rotatable bonds is 7. The average molecular weight is 324 g/mol. The van der Waals surface area contributed by atoms with Crippen LogP contribution in [0.5, 0.6) is 5.75 Å². The van der Waals surface area contributed by atoms with Crippen LogP contribution in [-0.2, 0) is 0 Å². The van der Waals surface area contributed by atoms with Crippen LogP contribution < -0.4 is 14.5 Å². The van der Waals surface area contributed by atoms with Crippen molar-refractivity contribution >= 4 is 0 Å².